The van der Waals surface area contributed by atoms with Crippen LogP contribution in [-0.2, 0) is 9.53 Å². The summed E-state index contributed by atoms with van der Waals surface area (Å²) in [6, 6.07) is 1.02. The maximum absolute atomic E-state index is 11.3. The minimum absolute atomic E-state index is 0.162. The molecule has 92 valence electrons. The van der Waals surface area contributed by atoms with Crippen LogP contribution in [0.3, 0.4) is 0 Å². The van der Waals surface area contributed by atoms with E-state index in [1.54, 1.807) is 0 Å². The van der Waals surface area contributed by atoms with Crippen molar-refractivity contribution in [3.63, 3.8) is 0 Å². The molecule has 0 saturated carbocycles. The highest BCUT2D eigenvalue weighted by atomic mass is 16.5. The Morgan fingerprint density at radius 2 is 2.31 bits per heavy atom. The van der Waals surface area contributed by atoms with Gasteiger partial charge >= 0.3 is 5.97 Å². The first-order chi connectivity index (χ1) is 7.70. The number of fused-ring (bicyclic) bond motifs is 1. The molecule has 3 unspecified atom stereocenters. The van der Waals surface area contributed by atoms with Crippen LogP contribution >= 0.6 is 0 Å². The zero-order chi connectivity index (χ0) is 11.5. The van der Waals surface area contributed by atoms with Gasteiger partial charge in [0.25, 0.3) is 0 Å². The fraction of sp³-hybridized carbons (Fsp3) is 0.917. The number of nitrogens with zero attached hydrogens (tertiary/aromatic N) is 1. The second-order valence-corrected chi connectivity index (χ2v) is 4.99. The highest BCUT2D eigenvalue weighted by Gasteiger charge is 2.34. The predicted octanol–water partition coefficient (Wildman–Crippen LogP) is 0.764. The molecule has 4 heteroatoms. The van der Waals surface area contributed by atoms with Crippen LogP contribution in [0.2, 0.25) is 0 Å². The molecule has 2 heterocycles. The zero-order valence-corrected chi connectivity index (χ0v) is 10.2. The van der Waals surface area contributed by atoms with Gasteiger partial charge in [-0.1, -0.05) is 6.42 Å². The van der Waals surface area contributed by atoms with Crippen molar-refractivity contribution in [1.29, 1.82) is 0 Å². The topological polar surface area (TPSA) is 41.6 Å². The van der Waals surface area contributed by atoms with E-state index < -0.39 is 0 Å². The van der Waals surface area contributed by atoms with Gasteiger partial charge in [-0.2, -0.15) is 0 Å². The van der Waals surface area contributed by atoms with Crippen LogP contribution in [0.25, 0.3) is 0 Å². The molecule has 0 aromatic carbocycles. The fourth-order valence-corrected chi connectivity index (χ4v) is 2.97. The van der Waals surface area contributed by atoms with Crippen LogP contribution in [0.4, 0.5) is 0 Å². The molecule has 2 aliphatic heterocycles. The fourth-order valence-electron chi connectivity index (χ4n) is 2.97. The number of esters is 1. The monoisotopic (exact) mass is 226 g/mol. The molecule has 0 amide bonds. The summed E-state index contributed by atoms with van der Waals surface area (Å²) < 4.78 is 4.73. The number of methoxy groups -OCH3 is 1. The van der Waals surface area contributed by atoms with Crippen molar-refractivity contribution in [2.45, 2.75) is 50.7 Å². The number of hydrogen-bond acceptors (Lipinski definition) is 4. The number of nitrogens with one attached hydrogen (secondary N) is 1. The molecule has 0 radical (unpaired) electrons. The molecule has 1 N–H and O–H groups in total. The van der Waals surface area contributed by atoms with Crippen molar-refractivity contribution in [2.24, 2.45) is 0 Å². The summed E-state index contributed by atoms with van der Waals surface area (Å²) in [4.78, 5) is 13.9. The molecule has 16 heavy (non-hydrogen) atoms. The number of piperidine rings is 1. The van der Waals surface area contributed by atoms with E-state index in [9.17, 15) is 4.79 Å². The van der Waals surface area contributed by atoms with Gasteiger partial charge in [0.05, 0.1) is 7.11 Å². The third kappa shape index (κ3) is 2.55. The highest BCUT2D eigenvalue weighted by Crippen LogP contribution is 2.26. The van der Waals surface area contributed by atoms with E-state index in [4.69, 9.17) is 4.74 Å². The van der Waals surface area contributed by atoms with E-state index in [1.165, 1.54) is 39.3 Å². The largest absolute Gasteiger partial charge is 0.468 e. The number of hydrogen-bond donors (Lipinski definition) is 1. The van der Waals surface area contributed by atoms with E-state index in [1.807, 2.05) is 6.92 Å². The molecule has 0 bridgehead atoms. The Kier molecular flexibility index (Phi) is 3.82. The second kappa shape index (κ2) is 5.15. The molecule has 3 atom stereocenters. The Hall–Kier alpha value is -0.610. The first kappa shape index (κ1) is 11.9. The molecular formula is C12H22N2O2. The van der Waals surface area contributed by atoms with Gasteiger partial charge < -0.3 is 10.1 Å². The van der Waals surface area contributed by atoms with Crippen LogP contribution in [-0.4, -0.2) is 49.2 Å². The molecule has 0 spiro atoms. The number of carbonyl (C=O) groups excluding carboxylic acids is 1. The van der Waals surface area contributed by atoms with E-state index in [2.05, 4.69) is 10.2 Å². The Balaban J connectivity index is 1.81. The van der Waals surface area contributed by atoms with E-state index >= 15 is 0 Å². The van der Waals surface area contributed by atoms with Gasteiger partial charge in [-0.15, -0.1) is 0 Å². The van der Waals surface area contributed by atoms with E-state index in [0.717, 1.165) is 12.6 Å². The predicted molar refractivity (Wildman–Crippen MR) is 62.2 cm³/mol. The molecule has 0 aromatic heterocycles. The number of ether oxygens (including phenoxy) is 1. The SMILES string of the molecule is COC(=O)C(C)NC1CC2CCCCN2C1. The van der Waals surface area contributed by atoms with Gasteiger partial charge in [0, 0.05) is 18.6 Å². The maximum atomic E-state index is 11.3. The maximum Gasteiger partial charge on any atom is 0.322 e. The minimum atomic E-state index is -0.184. The van der Waals surface area contributed by atoms with Crippen molar-refractivity contribution < 1.29 is 9.53 Å². The van der Waals surface area contributed by atoms with Gasteiger partial charge in [-0.3, -0.25) is 9.69 Å². The lowest BCUT2D eigenvalue weighted by Gasteiger charge is -2.28. The van der Waals surface area contributed by atoms with Gasteiger partial charge in [0.1, 0.15) is 6.04 Å². The van der Waals surface area contributed by atoms with Crippen LogP contribution < -0.4 is 5.32 Å². The second-order valence-electron chi connectivity index (χ2n) is 4.99. The Morgan fingerprint density at radius 3 is 3.00 bits per heavy atom. The lowest BCUT2D eigenvalue weighted by Crippen LogP contribution is -2.43. The van der Waals surface area contributed by atoms with Crippen LogP contribution in [0.5, 0.6) is 0 Å². The van der Waals surface area contributed by atoms with Gasteiger partial charge in [0.2, 0.25) is 0 Å². The first-order valence-electron chi connectivity index (χ1n) is 6.28. The Bertz CT molecular complexity index is 243. The molecule has 0 aromatic rings. The van der Waals surface area contributed by atoms with Gasteiger partial charge in [-0.25, -0.2) is 0 Å². The van der Waals surface area contributed by atoms with Gasteiger partial charge in [-0.05, 0) is 32.7 Å². The Morgan fingerprint density at radius 1 is 1.50 bits per heavy atom. The van der Waals surface area contributed by atoms with Crippen LogP contribution in [0.15, 0.2) is 0 Å². The standard InChI is InChI=1S/C12H22N2O2/c1-9(12(15)16-2)13-10-7-11-5-3-4-6-14(11)8-10/h9-11,13H,3-8H2,1-2H3. The van der Waals surface area contributed by atoms with Crippen molar-refractivity contribution in [2.75, 3.05) is 20.2 Å². The average molecular weight is 226 g/mol. The third-order valence-electron chi connectivity index (χ3n) is 3.80. The van der Waals surface area contributed by atoms with Crippen LogP contribution in [0.1, 0.15) is 32.6 Å². The molecule has 2 aliphatic rings. The van der Waals surface area contributed by atoms with Crippen molar-refractivity contribution in [3.8, 4) is 0 Å². The summed E-state index contributed by atoms with van der Waals surface area (Å²) in [5.74, 6) is -0.162. The summed E-state index contributed by atoms with van der Waals surface area (Å²) >= 11 is 0. The summed E-state index contributed by atoms with van der Waals surface area (Å²) in [6.07, 6.45) is 5.20. The normalized spacial score (nSPS) is 32.1. The number of carbonyl (C=O) groups is 1. The lowest BCUT2D eigenvalue weighted by molar-refractivity contribution is -0.142. The Labute approximate surface area is 97.3 Å². The quantitative estimate of drug-likeness (QED) is 0.722. The van der Waals surface area contributed by atoms with Crippen LogP contribution in [0, 0.1) is 0 Å². The summed E-state index contributed by atoms with van der Waals surface area (Å²) in [6.45, 7) is 4.20. The smallest absolute Gasteiger partial charge is 0.322 e. The summed E-state index contributed by atoms with van der Waals surface area (Å²) in [5.41, 5.74) is 0. The van der Waals surface area contributed by atoms with E-state index in [0.29, 0.717) is 6.04 Å². The highest BCUT2D eigenvalue weighted by molar-refractivity contribution is 5.75. The number of rotatable bonds is 3. The minimum Gasteiger partial charge on any atom is -0.468 e. The molecule has 4 nitrogen and oxygen atoms in total. The molecule has 2 fully saturated rings. The van der Waals surface area contributed by atoms with Crippen molar-refractivity contribution >= 4 is 5.97 Å². The zero-order valence-electron chi connectivity index (χ0n) is 10.2. The summed E-state index contributed by atoms with van der Waals surface area (Å²) in [7, 11) is 1.44. The first-order valence-corrected chi connectivity index (χ1v) is 6.28. The third-order valence-corrected chi connectivity index (χ3v) is 3.80. The van der Waals surface area contributed by atoms with Crippen molar-refractivity contribution in [3.05, 3.63) is 0 Å². The van der Waals surface area contributed by atoms with Crippen molar-refractivity contribution in [1.82, 2.24) is 10.2 Å². The van der Waals surface area contributed by atoms with Gasteiger partial charge in [0.15, 0.2) is 0 Å². The molecule has 2 saturated heterocycles. The average Bonchev–Trinajstić information content (AvgIpc) is 2.69. The molecular weight excluding hydrogens is 204 g/mol. The summed E-state index contributed by atoms with van der Waals surface area (Å²) in [5, 5.41) is 3.37. The lowest BCUT2D eigenvalue weighted by atomic mass is 10.0. The van der Waals surface area contributed by atoms with E-state index in [-0.39, 0.29) is 12.0 Å². The molecule has 2 rings (SSSR count). The molecule has 0 aliphatic carbocycles.